The molecule has 21 heavy (non-hydrogen) atoms. The van der Waals surface area contributed by atoms with E-state index in [1.54, 1.807) is 0 Å². The predicted octanol–water partition coefficient (Wildman–Crippen LogP) is 2.49. The Bertz CT molecular complexity index is 346. The number of carboxylic acids is 1. The molecular weight excluding hydrogens is 270 g/mol. The lowest BCUT2D eigenvalue weighted by molar-refractivity contribution is -0.144. The summed E-state index contributed by atoms with van der Waals surface area (Å²) in [5, 5.41) is 12.1. The van der Waals surface area contributed by atoms with Gasteiger partial charge in [0.1, 0.15) is 6.04 Å². The highest BCUT2D eigenvalue weighted by Gasteiger charge is 2.30. The third kappa shape index (κ3) is 5.30. The maximum Gasteiger partial charge on any atom is 0.326 e. The Balaban J connectivity index is 1.76. The van der Waals surface area contributed by atoms with Gasteiger partial charge in [-0.25, -0.2) is 4.79 Å². The van der Waals surface area contributed by atoms with E-state index in [-0.39, 0.29) is 17.9 Å². The third-order valence-corrected chi connectivity index (χ3v) is 4.67. The van der Waals surface area contributed by atoms with E-state index in [9.17, 15) is 14.7 Å². The van der Waals surface area contributed by atoms with Crippen LogP contribution in [-0.2, 0) is 14.3 Å². The fourth-order valence-electron chi connectivity index (χ4n) is 3.42. The Morgan fingerprint density at radius 2 is 1.81 bits per heavy atom. The largest absolute Gasteiger partial charge is 0.480 e. The number of amides is 1. The molecule has 2 aliphatic rings. The molecular formula is C16H27NO4. The van der Waals surface area contributed by atoms with E-state index in [4.69, 9.17) is 4.74 Å². The van der Waals surface area contributed by atoms with Crippen molar-refractivity contribution in [3.05, 3.63) is 0 Å². The summed E-state index contributed by atoms with van der Waals surface area (Å²) in [5.74, 6) is -0.961. The normalized spacial score (nSPS) is 25.2. The fourth-order valence-corrected chi connectivity index (χ4v) is 3.42. The van der Waals surface area contributed by atoms with Crippen molar-refractivity contribution < 1.29 is 19.4 Å². The van der Waals surface area contributed by atoms with Gasteiger partial charge in [-0.15, -0.1) is 0 Å². The van der Waals surface area contributed by atoms with Gasteiger partial charge in [0.05, 0.1) is 6.10 Å². The second kappa shape index (κ2) is 8.37. The molecule has 0 aromatic carbocycles. The standard InChI is InChI=1S/C16H27NO4/c18-14(10-9-13-8-4-5-11-21-13)17-15(16(19)20)12-6-2-1-3-7-12/h12-13,15H,1-11H2,(H,17,18)(H,19,20). The Labute approximate surface area is 126 Å². The number of hydrogen-bond donors (Lipinski definition) is 2. The Morgan fingerprint density at radius 3 is 2.43 bits per heavy atom. The second-order valence-electron chi connectivity index (χ2n) is 6.31. The highest BCUT2D eigenvalue weighted by molar-refractivity contribution is 5.83. The molecule has 5 heteroatoms. The van der Waals surface area contributed by atoms with Gasteiger partial charge in [-0.2, -0.15) is 0 Å². The number of aliphatic carboxylic acids is 1. The minimum Gasteiger partial charge on any atom is -0.480 e. The maximum absolute atomic E-state index is 12.0. The van der Waals surface area contributed by atoms with Gasteiger partial charge in [-0.1, -0.05) is 19.3 Å². The van der Waals surface area contributed by atoms with E-state index in [1.807, 2.05) is 0 Å². The molecule has 2 N–H and O–H groups in total. The SMILES string of the molecule is O=C(CCC1CCCCO1)NC(C(=O)O)C1CCCCC1. The smallest absolute Gasteiger partial charge is 0.326 e. The first-order chi connectivity index (χ1) is 10.2. The van der Waals surface area contributed by atoms with Crippen molar-refractivity contribution in [2.45, 2.75) is 76.4 Å². The van der Waals surface area contributed by atoms with E-state index < -0.39 is 12.0 Å². The molecule has 0 aromatic heterocycles. The highest BCUT2D eigenvalue weighted by atomic mass is 16.5. The molecule has 0 bridgehead atoms. The number of carboxylic acid groups (broad SMARTS) is 1. The minimum atomic E-state index is -0.899. The van der Waals surface area contributed by atoms with Gasteiger partial charge in [0.25, 0.3) is 0 Å². The molecule has 0 spiro atoms. The fraction of sp³-hybridized carbons (Fsp3) is 0.875. The first-order valence-corrected chi connectivity index (χ1v) is 8.30. The average Bonchev–Trinajstić information content (AvgIpc) is 2.52. The number of hydrogen-bond acceptors (Lipinski definition) is 3. The first kappa shape index (κ1) is 16.3. The van der Waals surface area contributed by atoms with Crippen molar-refractivity contribution in [3.63, 3.8) is 0 Å². The van der Waals surface area contributed by atoms with Crippen molar-refractivity contribution in [3.8, 4) is 0 Å². The van der Waals surface area contributed by atoms with Crippen LogP contribution in [0.5, 0.6) is 0 Å². The van der Waals surface area contributed by atoms with Crippen LogP contribution in [0.15, 0.2) is 0 Å². The van der Waals surface area contributed by atoms with Crippen LogP contribution in [0, 0.1) is 5.92 Å². The van der Waals surface area contributed by atoms with Crippen molar-refractivity contribution in [1.29, 1.82) is 0 Å². The summed E-state index contributed by atoms with van der Waals surface area (Å²) in [6, 6.07) is -0.718. The second-order valence-corrected chi connectivity index (χ2v) is 6.31. The van der Waals surface area contributed by atoms with Gasteiger partial charge in [-0.05, 0) is 44.4 Å². The number of carbonyl (C=O) groups is 2. The number of ether oxygens (including phenoxy) is 1. The molecule has 0 aromatic rings. The van der Waals surface area contributed by atoms with Crippen molar-refractivity contribution in [2.24, 2.45) is 5.92 Å². The molecule has 1 amide bonds. The zero-order valence-corrected chi connectivity index (χ0v) is 12.7. The highest BCUT2D eigenvalue weighted by Crippen LogP contribution is 2.27. The molecule has 2 unspecified atom stereocenters. The third-order valence-electron chi connectivity index (χ3n) is 4.67. The van der Waals surface area contributed by atoms with Crippen LogP contribution < -0.4 is 5.32 Å². The van der Waals surface area contributed by atoms with E-state index in [1.165, 1.54) is 6.42 Å². The predicted molar refractivity (Wildman–Crippen MR) is 79.0 cm³/mol. The molecule has 1 saturated carbocycles. The summed E-state index contributed by atoms with van der Waals surface area (Å²) < 4.78 is 5.60. The van der Waals surface area contributed by atoms with Crippen LogP contribution in [0.1, 0.15) is 64.2 Å². The quantitative estimate of drug-likeness (QED) is 0.789. The van der Waals surface area contributed by atoms with Crippen molar-refractivity contribution in [2.75, 3.05) is 6.61 Å². The van der Waals surface area contributed by atoms with Crippen LogP contribution in [0.3, 0.4) is 0 Å². The van der Waals surface area contributed by atoms with Gasteiger partial charge in [0.15, 0.2) is 0 Å². The van der Waals surface area contributed by atoms with Gasteiger partial charge in [-0.3, -0.25) is 4.79 Å². The summed E-state index contributed by atoms with van der Waals surface area (Å²) in [5.41, 5.74) is 0. The Hall–Kier alpha value is -1.10. The number of carbonyl (C=O) groups excluding carboxylic acids is 1. The molecule has 2 fully saturated rings. The number of rotatable bonds is 6. The maximum atomic E-state index is 12.0. The summed E-state index contributed by atoms with van der Waals surface area (Å²) in [6.45, 7) is 0.784. The molecule has 2 rings (SSSR count). The van der Waals surface area contributed by atoms with E-state index in [2.05, 4.69) is 5.32 Å². The van der Waals surface area contributed by atoms with E-state index in [0.29, 0.717) is 12.8 Å². The number of nitrogens with one attached hydrogen (secondary N) is 1. The summed E-state index contributed by atoms with van der Waals surface area (Å²) in [4.78, 5) is 23.4. The summed E-state index contributed by atoms with van der Waals surface area (Å²) in [6.07, 6.45) is 9.63. The lowest BCUT2D eigenvalue weighted by Crippen LogP contribution is -2.46. The molecule has 2 atom stereocenters. The summed E-state index contributed by atoms with van der Waals surface area (Å²) >= 11 is 0. The van der Waals surface area contributed by atoms with Crippen LogP contribution in [0.4, 0.5) is 0 Å². The van der Waals surface area contributed by atoms with Gasteiger partial charge >= 0.3 is 5.97 Å². The van der Waals surface area contributed by atoms with Crippen LogP contribution in [-0.4, -0.2) is 35.7 Å². The van der Waals surface area contributed by atoms with Crippen molar-refractivity contribution in [1.82, 2.24) is 5.32 Å². The van der Waals surface area contributed by atoms with Gasteiger partial charge in [0.2, 0.25) is 5.91 Å². The molecule has 5 nitrogen and oxygen atoms in total. The lowest BCUT2D eigenvalue weighted by Gasteiger charge is -2.28. The molecule has 1 heterocycles. The van der Waals surface area contributed by atoms with E-state index in [0.717, 1.165) is 51.6 Å². The lowest BCUT2D eigenvalue weighted by atomic mass is 9.84. The van der Waals surface area contributed by atoms with Crippen LogP contribution >= 0.6 is 0 Å². The molecule has 120 valence electrons. The molecule has 0 radical (unpaired) electrons. The average molecular weight is 297 g/mol. The Kier molecular flexibility index (Phi) is 6.49. The van der Waals surface area contributed by atoms with Gasteiger partial charge < -0.3 is 15.2 Å². The topological polar surface area (TPSA) is 75.6 Å². The summed E-state index contributed by atoms with van der Waals surface area (Å²) in [7, 11) is 0. The first-order valence-electron chi connectivity index (χ1n) is 8.30. The molecule has 1 aliphatic heterocycles. The Morgan fingerprint density at radius 1 is 1.10 bits per heavy atom. The van der Waals surface area contributed by atoms with Crippen molar-refractivity contribution >= 4 is 11.9 Å². The van der Waals surface area contributed by atoms with Crippen LogP contribution in [0.25, 0.3) is 0 Å². The molecule has 1 saturated heterocycles. The minimum absolute atomic E-state index is 0.0890. The molecule has 1 aliphatic carbocycles. The van der Waals surface area contributed by atoms with Gasteiger partial charge in [0, 0.05) is 13.0 Å². The zero-order chi connectivity index (χ0) is 15.1. The monoisotopic (exact) mass is 297 g/mol. The van der Waals surface area contributed by atoms with E-state index >= 15 is 0 Å². The zero-order valence-electron chi connectivity index (χ0n) is 12.7. The van der Waals surface area contributed by atoms with Crippen LogP contribution in [0.2, 0.25) is 0 Å².